The zero-order valence-electron chi connectivity index (χ0n) is 26.2. The third kappa shape index (κ3) is 3.70. The Morgan fingerprint density at radius 3 is 1.92 bits per heavy atom. The lowest BCUT2D eigenvalue weighted by atomic mass is 10.1. The highest BCUT2D eigenvalue weighted by molar-refractivity contribution is 6.26. The molecule has 0 saturated heterocycles. The van der Waals surface area contributed by atoms with E-state index in [1.165, 1.54) is 27.2 Å². The maximum Gasteiger partial charge on any atom is 0.236 e. The van der Waals surface area contributed by atoms with Gasteiger partial charge in [-0.05, 0) is 53.2 Å². The van der Waals surface area contributed by atoms with E-state index in [1.54, 1.807) is 0 Å². The van der Waals surface area contributed by atoms with Gasteiger partial charge in [-0.1, -0.05) is 115 Å². The van der Waals surface area contributed by atoms with Crippen molar-refractivity contribution in [3.05, 3.63) is 158 Å². The summed E-state index contributed by atoms with van der Waals surface area (Å²) in [4.78, 5) is 10.7. The summed E-state index contributed by atoms with van der Waals surface area (Å²) in [5, 5.41) is 8.00. The number of hydrogen-bond donors (Lipinski definition) is 0. The van der Waals surface area contributed by atoms with Crippen molar-refractivity contribution in [2.24, 2.45) is 0 Å². The highest BCUT2D eigenvalue weighted by Gasteiger charge is 2.24. The van der Waals surface area contributed by atoms with Crippen molar-refractivity contribution in [3.63, 3.8) is 0 Å². The highest BCUT2D eigenvalue weighted by atomic mass is 16.3. The van der Waals surface area contributed by atoms with Crippen molar-refractivity contribution in [1.29, 1.82) is 0 Å². The Morgan fingerprint density at radius 2 is 1.12 bits per heavy atom. The van der Waals surface area contributed by atoms with Gasteiger partial charge in [0.05, 0.1) is 22.1 Å². The molecule has 0 saturated carbocycles. The maximum atomic E-state index is 6.61. The summed E-state index contributed by atoms with van der Waals surface area (Å²) in [7, 11) is 0. The van der Waals surface area contributed by atoms with Gasteiger partial charge in [-0.3, -0.25) is 4.57 Å². The quantitative estimate of drug-likeness (QED) is 0.196. The fraction of sp³-hybridized carbons (Fsp3) is 0. The zero-order chi connectivity index (χ0) is 32.1. The topological polar surface area (TPSA) is 48.8 Å². The molecule has 5 nitrogen and oxygen atoms in total. The lowest BCUT2D eigenvalue weighted by Gasteiger charge is -2.10. The fourth-order valence-corrected chi connectivity index (χ4v) is 7.78. The Morgan fingerprint density at radius 1 is 0.469 bits per heavy atom. The third-order valence-electron chi connectivity index (χ3n) is 9.90. The molecular formula is C44H26N4O. The van der Waals surface area contributed by atoms with Crippen LogP contribution in [0.2, 0.25) is 0 Å². The average molecular weight is 627 g/mol. The van der Waals surface area contributed by atoms with E-state index >= 15 is 0 Å². The second-order valence-corrected chi connectivity index (χ2v) is 12.6. The molecule has 0 aliphatic rings. The maximum absolute atomic E-state index is 6.61. The van der Waals surface area contributed by atoms with Crippen LogP contribution in [0.3, 0.4) is 0 Å². The Hall–Kier alpha value is -6.72. The SMILES string of the molecule is c1ccc(-c2nc(-n3c4ccccc4c4c3ccc3c5ccccc5n(-c5ccccc5)c34)nc3c2oc2cc4ccccc4cc23)cc1. The van der Waals surface area contributed by atoms with Crippen LogP contribution in [0.5, 0.6) is 0 Å². The molecule has 5 heteroatoms. The summed E-state index contributed by atoms with van der Waals surface area (Å²) in [6.45, 7) is 0. The van der Waals surface area contributed by atoms with E-state index in [1.807, 2.05) is 18.2 Å². The summed E-state index contributed by atoms with van der Waals surface area (Å²) in [6.07, 6.45) is 0. The molecule has 4 aromatic heterocycles. The van der Waals surface area contributed by atoms with Crippen molar-refractivity contribution in [2.45, 2.75) is 0 Å². The molecular weight excluding hydrogens is 601 g/mol. The molecule has 0 radical (unpaired) electrons. The van der Waals surface area contributed by atoms with Crippen LogP contribution in [0.15, 0.2) is 162 Å². The van der Waals surface area contributed by atoms with Gasteiger partial charge in [0, 0.05) is 38.2 Å². The molecule has 7 aromatic carbocycles. The minimum Gasteiger partial charge on any atom is -0.452 e. The van der Waals surface area contributed by atoms with Gasteiger partial charge in [-0.15, -0.1) is 0 Å². The molecule has 0 N–H and O–H groups in total. The standard InChI is InChI=1S/C44H26N4O/c1-3-13-27(14-4-1)40-43-41(34-25-28-15-7-8-16-29(28)26-38(34)49-43)46-44(45-40)48-36-22-12-10-20-33(36)39-37(48)24-23-32-31-19-9-11-21-35(31)47(42(32)39)30-17-5-2-6-18-30/h1-26H. The molecule has 0 atom stereocenters. The van der Waals surface area contributed by atoms with Crippen molar-refractivity contribution >= 4 is 76.5 Å². The summed E-state index contributed by atoms with van der Waals surface area (Å²) >= 11 is 0. The number of rotatable bonds is 3. The summed E-state index contributed by atoms with van der Waals surface area (Å²) in [5.41, 5.74) is 9.60. The van der Waals surface area contributed by atoms with Crippen molar-refractivity contribution in [2.75, 3.05) is 0 Å². The van der Waals surface area contributed by atoms with E-state index in [0.29, 0.717) is 11.5 Å². The Balaban J connectivity index is 1.31. The van der Waals surface area contributed by atoms with Gasteiger partial charge < -0.3 is 8.98 Å². The minimum absolute atomic E-state index is 0.607. The second-order valence-electron chi connectivity index (χ2n) is 12.6. The van der Waals surface area contributed by atoms with E-state index in [0.717, 1.165) is 60.6 Å². The number of aromatic nitrogens is 4. The molecule has 4 heterocycles. The molecule has 0 spiro atoms. The minimum atomic E-state index is 0.607. The summed E-state index contributed by atoms with van der Waals surface area (Å²) in [5.74, 6) is 0.607. The summed E-state index contributed by atoms with van der Waals surface area (Å²) < 4.78 is 11.2. The average Bonchev–Trinajstić information content (AvgIpc) is 3.81. The molecule has 0 amide bonds. The van der Waals surface area contributed by atoms with Crippen LogP contribution in [0, 0.1) is 0 Å². The van der Waals surface area contributed by atoms with Gasteiger partial charge in [0.1, 0.15) is 16.8 Å². The Labute approximate surface area is 279 Å². The number of nitrogens with zero attached hydrogens (tertiary/aromatic N) is 4. The van der Waals surface area contributed by atoms with E-state index in [4.69, 9.17) is 14.4 Å². The zero-order valence-corrected chi connectivity index (χ0v) is 26.2. The number of furan rings is 1. The predicted molar refractivity (Wildman–Crippen MR) is 201 cm³/mol. The van der Waals surface area contributed by atoms with Gasteiger partial charge in [0.25, 0.3) is 0 Å². The molecule has 11 rings (SSSR count). The van der Waals surface area contributed by atoms with Crippen LogP contribution in [0.4, 0.5) is 0 Å². The van der Waals surface area contributed by atoms with Gasteiger partial charge in [0.15, 0.2) is 5.58 Å². The van der Waals surface area contributed by atoms with Crippen molar-refractivity contribution in [3.8, 4) is 22.9 Å². The van der Waals surface area contributed by atoms with Gasteiger partial charge in [-0.25, -0.2) is 9.97 Å². The highest BCUT2D eigenvalue weighted by Crippen LogP contribution is 2.43. The van der Waals surface area contributed by atoms with E-state index in [-0.39, 0.29) is 0 Å². The van der Waals surface area contributed by atoms with Crippen molar-refractivity contribution < 1.29 is 4.42 Å². The summed E-state index contributed by atoms with van der Waals surface area (Å²) in [6, 6.07) is 55.4. The first-order valence-electron chi connectivity index (χ1n) is 16.5. The molecule has 0 bridgehead atoms. The first-order chi connectivity index (χ1) is 24.3. The fourth-order valence-electron chi connectivity index (χ4n) is 7.78. The van der Waals surface area contributed by atoms with E-state index in [2.05, 4.69) is 149 Å². The second kappa shape index (κ2) is 9.89. The number of fused-ring (bicyclic) bond motifs is 11. The number of hydrogen-bond acceptors (Lipinski definition) is 3. The van der Waals surface area contributed by atoms with Crippen LogP contribution in [0.1, 0.15) is 0 Å². The Kier molecular flexibility index (Phi) is 5.32. The monoisotopic (exact) mass is 626 g/mol. The van der Waals surface area contributed by atoms with Crippen LogP contribution in [-0.2, 0) is 0 Å². The molecule has 11 aromatic rings. The van der Waals surface area contributed by atoms with E-state index < -0.39 is 0 Å². The molecule has 228 valence electrons. The van der Waals surface area contributed by atoms with Crippen molar-refractivity contribution in [1.82, 2.24) is 19.1 Å². The number of benzene rings is 7. The third-order valence-corrected chi connectivity index (χ3v) is 9.90. The van der Waals surface area contributed by atoms with Gasteiger partial charge in [0.2, 0.25) is 5.95 Å². The normalized spacial score (nSPS) is 12.1. The molecule has 49 heavy (non-hydrogen) atoms. The smallest absolute Gasteiger partial charge is 0.236 e. The molecule has 0 unspecified atom stereocenters. The van der Waals surface area contributed by atoms with Gasteiger partial charge >= 0.3 is 0 Å². The van der Waals surface area contributed by atoms with Crippen LogP contribution < -0.4 is 0 Å². The molecule has 0 aliphatic carbocycles. The van der Waals surface area contributed by atoms with Crippen LogP contribution in [-0.4, -0.2) is 19.1 Å². The molecule has 0 fully saturated rings. The van der Waals surface area contributed by atoms with Gasteiger partial charge in [-0.2, -0.15) is 0 Å². The molecule has 0 aliphatic heterocycles. The first-order valence-corrected chi connectivity index (χ1v) is 16.5. The lowest BCUT2D eigenvalue weighted by molar-refractivity contribution is 0.667. The number of para-hydroxylation sites is 3. The largest absolute Gasteiger partial charge is 0.452 e. The predicted octanol–water partition coefficient (Wildman–Crippen LogP) is 11.4. The van der Waals surface area contributed by atoms with E-state index in [9.17, 15) is 0 Å². The van der Waals surface area contributed by atoms with Crippen LogP contribution >= 0.6 is 0 Å². The lowest BCUT2D eigenvalue weighted by Crippen LogP contribution is -2.03. The Bertz CT molecular complexity index is 3100. The van der Waals surface area contributed by atoms with Crippen LogP contribution in [0.25, 0.3) is 99.3 Å². The first kappa shape index (κ1) is 26.4.